The molecule has 4 amide bonds. The molecule has 3 rings (SSSR count). The van der Waals surface area contributed by atoms with E-state index in [2.05, 4.69) is 20.9 Å². The van der Waals surface area contributed by atoms with E-state index >= 15 is 0 Å². The predicted molar refractivity (Wildman–Crippen MR) is 144 cm³/mol. The zero-order valence-corrected chi connectivity index (χ0v) is 23.3. The van der Waals surface area contributed by atoms with Crippen molar-refractivity contribution in [2.75, 3.05) is 18.4 Å². The molecule has 0 bridgehead atoms. The maximum Gasteiger partial charge on any atom is 0.411 e. The third-order valence-electron chi connectivity index (χ3n) is 5.19. The Balaban J connectivity index is 1.65. The normalized spacial score (nSPS) is 17.5. The third kappa shape index (κ3) is 8.72. The monoisotopic (exact) mass is 545 g/mol. The Hall–Kier alpha value is -3.67. The van der Waals surface area contributed by atoms with Crippen molar-refractivity contribution in [3.8, 4) is 11.3 Å². The number of hydrogen-bond donors (Lipinski definition) is 3. The maximum absolute atomic E-state index is 13.2. The number of amides is 4. The highest BCUT2D eigenvalue weighted by Gasteiger charge is 2.42. The van der Waals surface area contributed by atoms with E-state index < -0.39 is 47.3 Å². The molecule has 0 saturated carbocycles. The van der Waals surface area contributed by atoms with Gasteiger partial charge in [0, 0.05) is 23.5 Å². The van der Waals surface area contributed by atoms with Crippen LogP contribution >= 0.6 is 11.3 Å². The first kappa shape index (κ1) is 28.9. The summed E-state index contributed by atoms with van der Waals surface area (Å²) in [4.78, 5) is 56.2. The van der Waals surface area contributed by atoms with Gasteiger partial charge in [0.1, 0.15) is 23.8 Å². The summed E-state index contributed by atoms with van der Waals surface area (Å²) < 4.78 is 10.6. The molecular formula is C26H35N5O6S. The lowest BCUT2D eigenvalue weighted by Crippen LogP contribution is -2.46. The Labute approximate surface area is 226 Å². The number of rotatable bonds is 6. The topological polar surface area (TPSA) is 139 Å². The van der Waals surface area contributed by atoms with Crippen molar-refractivity contribution < 1.29 is 28.7 Å². The Morgan fingerprint density at radius 3 is 2.32 bits per heavy atom. The van der Waals surface area contributed by atoms with Gasteiger partial charge in [0.2, 0.25) is 11.8 Å². The molecule has 0 spiro atoms. The molecule has 0 aliphatic carbocycles. The summed E-state index contributed by atoms with van der Waals surface area (Å²) >= 11 is 1.28. The van der Waals surface area contributed by atoms with Crippen LogP contribution in [0.4, 0.5) is 14.7 Å². The van der Waals surface area contributed by atoms with Gasteiger partial charge in [0.15, 0.2) is 5.13 Å². The van der Waals surface area contributed by atoms with E-state index in [9.17, 15) is 19.2 Å². The fraction of sp³-hybridized carbons (Fsp3) is 0.500. The number of anilines is 1. The molecule has 0 radical (unpaired) electrons. The van der Waals surface area contributed by atoms with Crippen LogP contribution in [0.5, 0.6) is 0 Å². The van der Waals surface area contributed by atoms with Crippen molar-refractivity contribution in [1.29, 1.82) is 0 Å². The number of benzene rings is 1. The molecule has 206 valence electrons. The lowest BCUT2D eigenvalue weighted by molar-refractivity contribution is -0.121. The summed E-state index contributed by atoms with van der Waals surface area (Å²) in [6.45, 7) is 10.1. The van der Waals surface area contributed by atoms with Crippen molar-refractivity contribution in [2.45, 2.75) is 71.2 Å². The van der Waals surface area contributed by atoms with Gasteiger partial charge in [-0.3, -0.25) is 14.5 Å². The predicted octanol–water partition coefficient (Wildman–Crippen LogP) is 3.77. The highest BCUT2D eigenvalue weighted by molar-refractivity contribution is 7.14. The number of nitrogens with one attached hydrogen (secondary N) is 3. The third-order valence-corrected chi connectivity index (χ3v) is 5.95. The Morgan fingerprint density at radius 2 is 1.68 bits per heavy atom. The number of aromatic nitrogens is 1. The first-order valence-corrected chi connectivity index (χ1v) is 13.2. The van der Waals surface area contributed by atoms with E-state index in [-0.39, 0.29) is 19.5 Å². The van der Waals surface area contributed by atoms with Crippen LogP contribution in [0.15, 0.2) is 35.7 Å². The van der Waals surface area contributed by atoms with Crippen LogP contribution in [0.25, 0.3) is 11.3 Å². The van der Waals surface area contributed by atoms with E-state index in [4.69, 9.17) is 9.47 Å². The van der Waals surface area contributed by atoms with Gasteiger partial charge in [-0.05, 0) is 48.0 Å². The average molecular weight is 546 g/mol. The summed E-state index contributed by atoms with van der Waals surface area (Å²) in [5.41, 5.74) is 0.184. The van der Waals surface area contributed by atoms with Crippen LogP contribution < -0.4 is 16.0 Å². The summed E-state index contributed by atoms with van der Waals surface area (Å²) in [6.07, 6.45) is -1.21. The van der Waals surface area contributed by atoms with E-state index in [0.717, 1.165) is 11.3 Å². The number of ether oxygens (including phenoxy) is 2. The van der Waals surface area contributed by atoms with Gasteiger partial charge in [-0.15, -0.1) is 11.3 Å². The molecule has 1 fully saturated rings. The Bertz CT molecular complexity index is 1150. The van der Waals surface area contributed by atoms with Crippen LogP contribution in [0.1, 0.15) is 48.0 Å². The molecule has 1 aliphatic rings. The molecule has 38 heavy (non-hydrogen) atoms. The van der Waals surface area contributed by atoms with Gasteiger partial charge in [0.25, 0.3) is 0 Å². The molecule has 3 N–H and O–H groups in total. The number of alkyl carbamates (subject to hydrolysis) is 1. The molecule has 1 saturated heterocycles. The van der Waals surface area contributed by atoms with Crippen molar-refractivity contribution in [3.63, 3.8) is 0 Å². The number of likely N-dealkylation sites (tertiary alicyclic amines) is 1. The van der Waals surface area contributed by atoms with E-state index in [0.29, 0.717) is 5.13 Å². The van der Waals surface area contributed by atoms with Crippen molar-refractivity contribution in [2.24, 2.45) is 0 Å². The summed E-state index contributed by atoms with van der Waals surface area (Å²) in [7, 11) is 0. The summed E-state index contributed by atoms with van der Waals surface area (Å²) in [6, 6.07) is 8.15. The molecule has 2 atom stereocenters. The molecule has 1 unspecified atom stereocenters. The first-order valence-electron chi connectivity index (χ1n) is 12.3. The molecule has 11 nitrogen and oxygen atoms in total. The van der Waals surface area contributed by atoms with E-state index in [1.165, 1.54) is 16.2 Å². The Kier molecular flexibility index (Phi) is 8.97. The highest BCUT2D eigenvalue weighted by Crippen LogP contribution is 2.27. The van der Waals surface area contributed by atoms with Crippen LogP contribution in [0.3, 0.4) is 0 Å². The fourth-order valence-electron chi connectivity index (χ4n) is 3.72. The molecule has 12 heteroatoms. The van der Waals surface area contributed by atoms with Crippen LogP contribution in [-0.4, -0.2) is 70.3 Å². The lowest BCUT2D eigenvalue weighted by Gasteiger charge is -2.27. The van der Waals surface area contributed by atoms with Gasteiger partial charge in [-0.1, -0.05) is 30.3 Å². The van der Waals surface area contributed by atoms with Crippen LogP contribution in [0.2, 0.25) is 0 Å². The number of carbonyl (C=O) groups excluding carboxylic acids is 4. The number of carbonyl (C=O) groups is 4. The van der Waals surface area contributed by atoms with E-state index in [1.807, 2.05) is 35.7 Å². The smallest absolute Gasteiger partial charge is 0.411 e. The highest BCUT2D eigenvalue weighted by atomic mass is 32.1. The number of hydrogen-bond acceptors (Lipinski definition) is 8. The molecule has 2 aromatic rings. The van der Waals surface area contributed by atoms with Crippen LogP contribution in [0, 0.1) is 0 Å². The minimum atomic E-state index is -0.891. The van der Waals surface area contributed by atoms with E-state index in [1.54, 1.807) is 41.5 Å². The molecular weight excluding hydrogens is 510 g/mol. The SMILES string of the molecule is CC(C)(C)OC(=O)NCC(=O)NC1C[C@@H](C(=O)Nc2nc(-c3ccccc3)cs2)N(C(=O)OC(C)(C)C)C1. The van der Waals surface area contributed by atoms with Gasteiger partial charge < -0.3 is 25.4 Å². The number of thiazole rings is 1. The van der Waals surface area contributed by atoms with Gasteiger partial charge in [-0.2, -0.15) is 0 Å². The average Bonchev–Trinajstić information content (AvgIpc) is 3.43. The first-order chi connectivity index (χ1) is 17.7. The summed E-state index contributed by atoms with van der Waals surface area (Å²) in [5.74, 6) is -0.910. The largest absolute Gasteiger partial charge is 0.444 e. The van der Waals surface area contributed by atoms with Gasteiger partial charge in [-0.25, -0.2) is 14.6 Å². The van der Waals surface area contributed by atoms with Crippen molar-refractivity contribution >= 4 is 40.5 Å². The molecule has 1 aliphatic heterocycles. The quantitative estimate of drug-likeness (QED) is 0.502. The lowest BCUT2D eigenvalue weighted by atomic mass is 10.1. The maximum atomic E-state index is 13.2. The van der Waals surface area contributed by atoms with Gasteiger partial charge >= 0.3 is 12.2 Å². The molecule has 1 aromatic carbocycles. The van der Waals surface area contributed by atoms with Crippen molar-refractivity contribution in [3.05, 3.63) is 35.7 Å². The second-order valence-electron chi connectivity index (χ2n) is 10.9. The molecule has 2 heterocycles. The Morgan fingerprint density at radius 1 is 1.03 bits per heavy atom. The number of nitrogens with zero attached hydrogens (tertiary/aromatic N) is 2. The summed E-state index contributed by atoms with van der Waals surface area (Å²) in [5, 5.41) is 10.2. The van der Waals surface area contributed by atoms with Gasteiger partial charge in [0.05, 0.1) is 5.69 Å². The zero-order valence-electron chi connectivity index (χ0n) is 22.5. The fourth-order valence-corrected chi connectivity index (χ4v) is 4.44. The minimum Gasteiger partial charge on any atom is -0.444 e. The minimum absolute atomic E-state index is 0.0678. The standard InChI is InChI=1S/C26H35N5O6S/c1-25(2,3)36-23(34)27-13-20(32)28-17-12-19(31(14-17)24(35)37-26(4,5)6)21(33)30-22-29-18(15-38-22)16-10-8-7-9-11-16/h7-11,15,17,19H,12-14H2,1-6H3,(H,27,34)(H,28,32)(H,29,30,33)/t17?,19-/m0/s1. The second-order valence-corrected chi connectivity index (χ2v) is 11.8. The van der Waals surface area contributed by atoms with Crippen molar-refractivity contribution in [1.82, 2.24) is 20.5 Å². The van der Waals surface area contributed by atoms with Crippen LogP contribution in [-0.2, 0) is 19.1 Å². The zero-order chi connectivity index (χ0) is 28.1. The second kappa shape index (κ2) is 11.8. The molecule has 1 aromatic heterocycles.